The first-order chi connectivity index (χ1) is 12.5. The van der Waals surface area contributed by atoms with Crippen LogP contribution in [0.4, 0.5) is 11.5 Å². The zero-order chi connectivity index (χ0) is 18.3. The number of hydrogen-bond acceptors (Lipinski definition) is 4. The van der Waals surface area contributed by atoms with E-state index in [2.05, 4.69) is 16.8 Å². The minimum absolute atomic E-state index is 0.201. The van der Waals surface area contributed by atoms with Crippen molar-refractivity contribution in [2.45, 2.75) is 26.3 Å². The summed E-state index contributed by atoms with van der Waals surface area (Å²) in [4.78, 5) is 22.8. The van der Waals surface area contributed by atoms with Crippen molar-refractivity contribution in [3.63, 3.8) is 0 Å². The first kappa shape index (κ1) is 16.3. The van der Waals surface area contributed by atoms with Crippen LogP contribution in [-0.2, 0) is 6.42 Å². The van der Waals surface area contributed by atoms with Crippen molar-refractivity contribution in [2.24, 2.45) is 0 Å². The summed E-state index contributed by atoms with van der Waals surface area (Å²) in [5.74, 6) is 0.636. The fourth-order valence-corrected chi connectivity index (χ4v) is 3.50. The van der Waals surface area contributed by atoms with Crippen LogP contribution < -0.4 is 4.90 Å². The van der Waals surface area contributed by atoms with E-state index >= 15 is 0 Å². The van der Waals surface area contributed by atoms with Gasteiger partial charge in [0.2, 0.25) is 0 Å². The molecule has 2 heterocycles. The van der Waals surface area contributed by atoms with Gasteiger partial charge in [0.05, 0.1) is 5.56 Å². The third-order valence-electron chi connectivity index (χ3n) is 4.66. The zero-order valence-corrected chi connectivity index (χ0v) is 14.7. The Morgan fingerprint density at radius 2 is 1.88 bits per heavy atom. The molecule has 0 fully saturated rings. The molecular weight excluding hydrogens is 326 g/mol. The number of aryl methyl sites for hydroxylation is 1. The molecule has 1 atom stereocenters. The highest BCUT2D eigenvalue weighted by Crippen LogP contribution is 2.38. The summed E-state index contributed by atoms with van der Waals surface area (Å²) in [5.41, 5.74) is 4.25. The third-order valence-corrected chi connectivity index (χ3v) is 4.66. The molecule has 2 aromatic carbocycles. The second-order valence-electron chi connectivity index (χ2n) is 6.63. The molecule has 0 unspecified atom stereocenters. The second-order valence-corrected chi connectivity index (χ2v) is 6.63. The molecule has 0 bridgehead atoms. The van der Waals surface area contributed by atoms with E-state index in [1.165, 1.54) is 0 Å². The summed E-state index contributed by atoms with van der Waals surface area (Å²) in [5, 5.41) is 9.23. The molecule has 4 rings (SSSR count). The first-order valence-corrected chi connectivity index (χ1v) is 8.59. The van der Waals surface area contributed by atoms with Gasteiger partial charge in [0.15, 0.2) is 5.82 Å². The Balaban J connectivity index is 1.79. The minimum Gasteiger partial charge on any atom is -0.478 e. The summed E-state index contributed by atoms with van der Waals surface area (Å²) in [6.45, 7) is 4.09. The Bertz CT molecular complexity index is 986. The maximum Gasteiger partial charge on any atom is 0.335 e. The molecule has 5 heteroatoms. The molecule has 5 nitrogen and oxygen atoms in total. The predicted octanol–water partition coefficient (Wildman–Crippen LogP) is 4.23. The van der Waals surface area contributed by atoms with Crippen LogP contribution in [-0.4, -0.2) is 27.1 Å². The molecule has 26 heavy (non-hydrogen) atoms. The van der Waals surface area contributed by atoms with E-state index in [1.54, 1.807) is 12.1 Å². The fraction of sp³-hybridized carbons (Fsp3) is 0.190. The molecule has 1 aromatic heterocycles. The Kier molecular flexibility index (Phi) is 3.92. The fourth-order valence-electron chi connectivity index (χ4n) is 3.50. The van der Waals surface area contributed by atoms with Crippen molar-refractivity contribution >= 4 is 17.5 Å². The van der Waals surface area contributed by atoms with Crippen LogP contribution in [0.1, 0.15) is 28.5 Å². The zero-order valence-electron chi connectivity index (χ0n) is 14.7. The van der Waals surface area contributed by atoms with Crippen LogP contribution in [0.15, 0.2) is 54.6 Å². The number of nitrogens with zero attached hydrogens (tertiary/aromatic N) is 3. The van der Waals surface area contributed by atoms with Crippen LogP contribution >= 0.6 is 0 Å². The molecule has 0 saturated heterocycles. The van der Waals surface area contributed by atoms with Crippen molar-refractivity contribution < 1.29 is 9.90 Å². The van der Waals surface area contributed by atoms with Gasteiger partial charge in [0, 0.05) is 29.1 Å². The lowest BCUT2D eigenvalue weighted by atomic mass is 10.1. The van der Waals surface area contributed by atoms with Gasteiger partial charge in [0.25, 0.3) is 0 Å². The van der Waals surface area contributed by atoms with Gasteiger partial charge in [-0.2, -0.15) is 0 Å². The smallest absolute Gasteiger partial charge is 0.335 e. The van der Waals surface area contributed by atoms with E-state index in [4.69, 9.17) is 4.98 Å². The molecule has 0 saturated carbocycles. The molecular formula is C21H19N3O2. The second kappa shape index (κ2) is 6.26. The Morgan fingerprint density at radius 1 is 1.12 bits per heavy atom. The van der Waals surface area contributed by atoms with E-state index in [-0.39, 0.29) is 6.04 Å². The van der Waals surface area contributed by atoms with E-state index in [1.807, 2.05) is 49.4 Å². The normalized spacial score (nSPS) is 15.8. The molecule has 1 aliphatic heterocycles. The highest BCUT2D eigenvalue weighted by atomic mass is 16.4. The van der Waals surface area contributed by atoms with Crippen LogP contribution in [0.5, 0.6) is 0 Å². The van der Waals surface area contributed by atoms with Gasteiger partial charge in [0.1, 0.15) is 5.82 Å². The average Bonchev–Trinajstić information content (AvgIpc) is 2.96. The molecule has 1 N–H and O–H groups in total. The monoisotopic (exact) mass is 345 g/mol. The highest BCUT2D eigenvalue weighted by Gasteiger charge is 2.29. The predicted molar refractivity (Wildman–Crippen MR) is 101 cm³/mol. The maximum atomic E-state index is 11.2. The summed E-state index contributed by atoms with van der Waals surface area (Å²) >= 11 is 0. The molecule has 0 spiro atoms. The molecule has 130 valence electrons. The van der Waals surface area contributed by atoms with E-state index < -0.39 is 5.97 Å². The van der Waals surface area contributed by atoms with Crippen molar-refractivity contribution in [3.05, 3.63) is 71.4 Å². The number of benzene rings is 2. The van der Waals surface area contributed by atoms with Gasteiger partial charge in [-0.05, 0) is 44.0 Å². The van der Waals surface area contributed by atoms with E-state index in [0.717, 1.165) is 34.7 Å². The van der Waals surface area contributed by atoms with E-state index in [0.29, 0.717) is 11.4 Å². The van der Waals surface area contributed by atoms with Gasteiger partial charge in [-0.3, -0.25) is 0 Å². The number of hydrogen-bond donors (Lipinski definition) is 1. The number of fused-ring (bicyclic) bond motifs is 1. The maximum absolute atomic E-state index is 11.2. The molecule has 0 radical (unpaired) electrons. The Labute approximate surface area is 152 Å². The van der Waals surface area contributed by atoms with E-state index in [9.17, 15) is 9.90 Å². The summed E-state index contributed by atoms with van der Waals surface area (Å²) in [6, 6.07) is 17.4. The van der Waals surface area contributed by atoms with Crippen molar-refractivity contribution in [1.82, 2.24) is 9.97 Å². The van der Waals surface area contributed by atoms with Gasteiger partial charge < -0.3 is 10.0 Å². The van der Waals surface area contributed by atoms with Crippen molar-refractivity contribution in [2.75, 3.05) is 4.90 Å². The number of anilines is 2. The van der Waals surface area contributed by atoms with Crippen LogP contribution in [0.25, 0.3) is 11.4 Å². The third kappa shape index (κ3) is 2.81. The highest BCUT2D eigenvalue weighted by molar-refractivity contribution is 5.89. The quantitative estimate of drug-likeness (QED) is 0.769. The van der Waals surface area contributed by atoms with Crippen molar-refractivity contribution in [3.8, 4) is 11.4 Å². The molecule has 3 aromatic rings. The summed E-state index contributed by atoms with van der Waals surface area (Å²) in [6.07, 6.45) is 0.792. The minimum atomic E-state index is -0.900. The number of carbonyl (C=O) groups is 1. The standard InChI is InChI=1S/C21H19N3O2/c1-13-10-19(23-20(22-13)15-6-4-3-5-7-15)24-14(2)11-17-12-16(21(25)26)8-9-18(17)24/h3-10,12,14H,11H2,1-2H3,(H,25,26)/t14-/m0/s1. The van der Waals surface area contributed by atoms with Crippen molar-refractivity contribution in [1.29, 1.82) is 0 Å². The molecule has 1 aliphatic rings. The van der Waals surface area contributed by atoms with Crippen LogP contribution in [0.2, 0.25) is 0 Å². The van der Waals surface area contributed by atoms with Gasteiger partial charge in [-0.15, -0.1) is 0 Å². The lowest BCUT2D eigenvalue weighted by Gasteiger charge is -2.24. The summed E-state index contributed by atoms with van der Waals surface area (Å²) < 4.78 is 0. The summed E-state index contributed by atoms with van der Waals surface area (Å²) in [7, 11) is 0. The topological polar surface area (TPSA) is 66.3 Å². The Hall–Kier alpha value is -3.21. The average molecular weight is 345 g/mol. The van der Waals surface area contributed by atoms with Gasteiger partial charge >= 0.3 is 5.97 Å². The van der Waals surface area contributed by atoms with Crippen LogP contribution in [0, 0.1) is 6.92 Å². The Morgan fingerprint density at radius 3 is 2.62 bits per heavy atom. The number of carboxylic acids is 1. The number of aromatic carboxylic acids is 1. The number of rotatable bonds is 3. The SMILES string of the molecule is Cc1cc(N2c3ccc(C(=O)O)cc3C[C@@H]2C)nc(-c2ccccc2)n1. The molecule has 0 amide bonds. The molecule has 0 aliphatic carbocycles. The first-order valence-electron chi connectivity index (χ1n) is 8.59. The van der Waals surface area contributed by atoms with Crippen LogP contribution in [0.3, 0.4) is 0 Å². The van der Waals surface area contributed by atoms with Gasteiger partial charge in [-0.1, -0.05) is 30.3 Å². The van der Waals surface area contributed by atoms with Gasteiger partial charge in [-0.25, -0.2) is 14.8 Å². The number of carboxylic acid groups (broad SMARTS) is 1. The lowest BCUT2D eigenvalue weighted by molar-refractivity contribution is 0.0697. The number of aromatic nitrogens is 2. The lowest BCUT2D eigenvalue weighted by Crippen LogP contribution is -2.25. The largest absolute Gasteiger partial charge is 0.478 e.